The van der Waals surface area contributed by atoms with E-state index in [-0.39, 0.29) is 0 Å². The van der Waals surface area contributed by atoms with E-state index in [1.165, 1.54) is 0 Å². The summed E-state index contributed by atoms with van der Waals surface area (Å²) in [5.41, 5.74) is 1.16. The number of nitrogens with one attached hydrogen (secondary N) is 1. The highest BCUT2D eigenvalue weighted by atomic mass is 16.5. The minimum atomic E-state index is 0.550. The zero-order chi connectivity index (χ0) is 13.7. The molecular weight excluding hydrogens is 240 g/mol. The van der Waals surface area contributed by atoms with Gasteiger partial charge in [-0.3, -0.25) is 0 Å². The molecule has 0 spiro atoms. The van der Waals surface area contributed by atoms with Gasteiger partial charge in [0.25, 0.3) is 0 Å². The van der Waals surface area contributed by atoms with Crippen molar-refractivity contribution in [3.8, 4) is 11.5 Å². The van der Waals surface area contributed by atoms with E-state index in [4.69, 9.17) is 9.47 Å². The number of anilines is 1. The molecule has 1 atom stereocenters. The van der Waals surface area contributed by atoms with Crippen molar-refractivity contribution in [1.82, 2.24) is 5.32 Å². The fourth-order valence-corrected chi connectivity index (χ4v) is 2.54. The summed E-state index contributed by atoms with van der Waals surface area (Å²) >= 11 is 0. The van der Waals surface area contributed by atoms with Crippen molar-refractivity contribution in [2.24, 2.45) is 0 Å². The van der Waals surface area contributed by atoms with Crippen molar-refractivity contribution in [2.45, 2.75) is 25.8 Å². The van der Waals surface area contributed by atoms with Crippen LogP contribution < -0.4 is 19.7 Å². The Morgan fingerprint density at radius 2 is 2.16 bits per heavy atom. The number of methoxy groups -OCH3 is 2. The van der Waals surface area contributed by atoms with Gasteiger partial charge in [-0.15, -0.1) is 0 Å². The quantitative estimate of drug-likeness (QED) is 0.904. The average Bonchev–Trinajstić information content (AvgIpc) is 2.71. The van der Waals surface area contributed by atoms with E-state index in [2.05, 4.69) is 23.2 Å². The minimum Gasteiger partial charge on any atom is -0.497 e. The number of rotatable bonds is 4. The Morgan fingerprint density at radius 3 is 2.84 bits per heavy atom. The van der Waals surface area contributed by atoms with Crippen molar-refractivity contribution in [1.29, 1.82) is 0 Å². The third kappa shape index (κ3) is 3.32. The number of hydrogen-bond acceptors (Lipinski definition) is 4. The summed E-state index contributed by atoms with van der Waals surface area (Å²) in [6.45, 7) is 5.41. The third-order valence-electron chi connectivity index (χ3n) is 3.70. The van der Waals surface area contributed by atoms with E-state index in [1.54, 1.807) is 14.2 Å². The lowest BCUT2D eigenvalue weighted by atomic mass is 10.2. The van der Waals surface area contributed by atoms with Gasteiger partial charge in [0.1, 0.15) is 11.5 Å². The number of ether oxygens (including phenoxy) is 2. The van der Waals surface area contributed by atoms with Gasteiger partial charge in [0.05, 0.1) is 19.9 Å². The van der Waals surface area contributed by atoms with E-state index in [9.17, 15) is 0 Å². The van der Waals surface area contributed by atoms with Crippen LogP contribution in [0, 0.1) is 0 Å². The summed E-state index contributed by atoms with van der Waals surface area (Å²) < 4.78 is 10.8. The summed E-state index contributed by atoms with van der Waals surface area (Å²) in [6.07, 6.45) is 2.31. The van der Waals surface area contributed by atoms with E-state index in [0.717, 1.165) is 49.7 Å². The predicted molar refractivity (Wildman–Crippen MR) is 78.5 cm³/mol. The topological polar surface area (TPSA) is 33.7 Å². The first-order valence-corrected chi connectivity index (χ1v) is 6.98. The molecule has 1 aromatic rings. The Kier molecular flexibility index (Phi) is 4.91. The highest BCUT2D eigenvalue weighted by Crippen LogP contribution is 2.32. The summed E-state index contributed by atoms with van der Waals surface area (Å²) in [5.74, 6) is 1.72. The SMILES string of the molecule is CCC1CN(c2ccc(OC)cc2OC)CCCN1. The lowest BCUT2D eigenvalue weighted by Crippen LogP contribution is -2.37. The van der Waals surface area contributed by atoms with E-state index in [0.29, 0.717) is 6.04 Å². The summed E-state index contributed by atoms with van der Waals surface area (Å²) in [6, 6.07) is 6.59. The largest absolute Gasteiger partial charge is 0.497 e. The molecule has 0 aromatic heterocycles. The Morgan fingerprint density at radius 1 is 1.32 bits per heavy atom. The van der Waals surface area contributed by atoms with Gasteiger partial charge < -0.3 is 19.7 Å². The van der Waals surface area contributed by atoms with Crippen molar-refractivity contribution in [2.75, 3.05) is 38.8 Å². The third-order valence-corrected chi connectivity index (χ3v) is 3.70. The molecule has 0 amide bonds. The molecule has 1 aliphatic rings. The molecule has 0 saturated carbocycles. The molecule has 1 heterocycles. The van der Waals surface area contributed by atoms with Gasteiger partial charge in [0.2, 0.25) is 0 Å². The summed E-state index contributed by atoms with van der Waals surface area (Å²) in [4.78, 5) is 2.41. The van der Waals surface area contributed by atoms with Crippen molar-refractivity contribution in [3.63, 3.8) is 0 Å². The molecule has 4 nitrogen and oxygen atoms in total. The standard InChI is InChI=1S/C15H24N2O2/c1-4-12-11-17(9-5-8-16-12)14-7-6-13(18-2)10-15(14)19-3/h6-7,10,12,16H,4-5,8-9,11H2,1-3H3. The second-order valence-electron chi connectivity index (χ2n) is 4.90. The molecule has 1 fully saturated rings. The monoisotopic (exact) mass is 264 g/mol. The van der Waals surface area contributed by atoms with Crippen molar-refractivity contribution in [3.05, 3.63) is 18.2 Å². The minimum absolute atomic E-state index is 0.550. The molecule has 1 aromatic carbocycles. The molecular formula is C15H24N2O2. The van der Waals surface area contributed by atoms with Gasteiger partial charge in [-0.1, -0.05) is 6.92 Å². The molecule has 1 unspecified atom stereocenters. The maximum absolute atomic E-state index is 5.51. The van der Waals surface area contributed by atoms with Crippen LogP contribution in [-0.2, 0) is 0 Å². The molecule has 1 saturated heterocycles. The molecule has 2 rings (SSSR count). The maximum Gasteiger partial charge on any atom is 0.145 e. The highest BCUT2D eigenvalue weighted by molar-refractivity contribution is 5.61. The van der Waals surface area contributed by atoms with Crippen molar-refractivity contribution >= 4 is 5.69 Å². The molecule has 0 bridgehead atoms. The predicted octanol–water partition coefficient (Wildman–Crippen LogP) is 2.28. The Labute approximate surface area is 115 Å². The van der Waals surface area contributed by atoms with Crippen LogP contribution in [-0.4, -0.2) is 39.9 Å². The van der Waals surface area contributed by atoms with Crippen molar-refractivity contribution < 1.29 is 9.47 Å². The lowest BCUT2D eigenvalue weighted by molar-refractivity contribution is 0.394. The first-order chi connectivity index (χ1) is 9.28. The molecule has 0 aliphatic carbocycles. The van der Waals surface area contributed by atoms with E-state index in [1.807, 2.05) is 12.1 Å². The van der Waals surface area contributed by atoms with Gasteiger partial charge >= 0.3 is 0 Å². The van der Waals surface area contributed by atoms with Crippen LogP contribution in [0.1, 0.15) is 19.8 Å². The Balaban J connectivity index is 2.23. The summed E-state index contributed by atoms with van der Waals surface area (Å²) in [5, 5.41) is 3.58. The Hall–Kier alpha value is -1.42. The zero-order valence-electron chi connectivity index (χ0n) is 12.1. The molecule has 19 heavy (non-hydrogen) atoms. The fourth-order valence-electron chi connectivity index (χ4n) is 2.54. The van der Waals surface area contributed by atoms with Crippen LogP contribution in [0.4, 0.5) is 5.69 Å². The summed E-state index contributed by atoms with van der Waals surface area (Å²) in [7, 11) is 3.39. The Bertz CT molecular complexity index is 409. The lowest BCUT2D eigenvalue weighted by Gasteiger charge is -2.27. The number of benzene rings is 1. The molecule has 1 aliphatic heterocycles. The molecule has 106 valence electrons. The van der Waals surface area contributed by atoms with Crippen LogP contribution >= 0.6 is 0 Å². The van der Waals surface area contributed by atoms with Crippen LogP contribution in [0.5, 0.6) is 11.5 Å². The zero-order valence-corrected chi connectivity index (χ0v) is 12.1. The van der Waals surface area contributed by atoms with Gasteiger partial charge in [-0.25, -0.2) is 0 Å². The smallest absolute Gasteiger partial charge is 0.145 e. The molecule has 0 radical (unpaired) electrons. The van der Waals surface area contributed by atoms with Crippen LogP contribution in [0.15, 0.2) is 18.2 Å². The van der Waals surface area contributed by atoms with E-state index < -0.39 is 0 Å². The fraction of sp³-hybridized carbons (Fsp3) is 0.600. The molecule has 1 N–H and O–H groups in total. The second kappa shape index (κ2) is 6.66. The van der Waals surface area contributed by atoms with Gasteiger partial charge in [0.15, 0.2) is 0 Å². The number of nitrogens with zero attached hydrogens (tertiary/aromatic N) is 1. The maximum atomic E-state index is 5.51. The normalized spacial score (nSPS) is 19.9. The number of hydrogen-bond donors (Lipinski definition) is 1. The van der Waals surface area contributed by atoms with Crippen LogP contribution in [0.25, 0.3) is 0 Å². The van der Waals surface area contributed by atoms with Gasteiger partial charge in [0, 0.05) is 25.2 Å². The second-order valence-corrected chi connectivity index (χ2v) is 4.90. The van der Waals surface area contributed by atoms with Crippen LogP contribution in [0.2, 0.25) is 0 Å². The average molecular weight is 264 g/mol. The van der Waals surface area contributed by atoms with Gasteiger partial charge in [-0.05, 0) is 31.5 Å². The van der Waals surface area contributed by atoms with E-state index >= 15 is 0 Å². The molecule has 4 heteroatoms. The van der Waals surface area contributed by atoms with Gasteiger partial charge in [-0.2, -0.15) is 0 Å². The van der Waals surface area contributed by atoms with Crippen LogP contribution in [0.3, 0.4) is 0 Å². The highest BCUT2D eigenvalue weighted by Gasteiger charge is 2.19. The first-order valence-electron chi connectivity index (χ1n) is 6.98. The first kappa shape index (κ1) is 14.0.